The molecule has 0 spiro atoms. The Bertz CT molecular complexity index is 214. The van der Waals surface area contributed by atoms with E-state index in [1.54, 1.807) is 4.90 Å². The van der Waals surface area contributed by atoms with Crippen LogP contribution in [0.25, 0.3) is 0 Å². The van der Waals surface area contributed by atoms with Crippen LogP contribution in [0.5, 0.6) is 0 Å². The van der Waals surface area contributed by atoms with Gasteiger partial charge in [-0.05, 0) is 57.7 Å². The summed E-state index contributed by atoms with van der Waals surface area (Å²) in [5.41, 5.74) is 0. The minimum atomic E-state index is 0.750. The van der Waals surface area contributed by atoms with Crippen molar-refractivity contribution >= 4 is 6.41 Å². The van der Waals surface area contributed by atoms with Crippen molar-refractivity contribution in [3.05, 3.63) is 0 Å². The molecule has 0 aliphatic carbocycles. The molecule has 2 fully saturated rings. The van der Waals surface area contributed by atoms with E-state index in [9.17, 15) is 4.79 Å². The SMILES string of the molecule is O=[C]N1CCC(CCCCN2CCCC2)C1. The summed E-state index contributed by atoms with van der Waals surface area (Å²) in [5, 5.41) is 0. The quantitative estimate of drug-likeness (QED) is 0.639. The topological polar surface area (TPSA) is 23.6 Å². The van der Waals surface area contributed by atoms with Crippen LogP contribution in [0.2, 0.25) is 0 Å². The lowest BCUT2D eigenvalue weighted by molar-refractivity contribution is 0.321. The maximum Gasteiger partial charge on any atom is 0.312 e. The van der Waals surface area contributed by atoms with Crippen molar-refractivity contribution in [2.75, 3.05) is 32.7 Å². The van der Waals surface area contributed by atoms with Crippen LogP contribution < -0.4 is 0 Å². The molecule has 2 rings (SSSR count). The number of rotatable bonds is 6. The van der Waals surface area contributed by atoms with Gasteiger partial charge in [-0.15, -0.1) is 0 Å². The van der Waals surface area contributed by atoms with Gasteiger partial charge in [-0.1, -0.05) is 6.42 Å². The normalized spacial score (nSPS) is 26.5. The molecular formula is C13H23N2O. The summed E-state index contributed by atoms with van der Waals surface area (Å²) >= 11 is 0. The van der Waals surface area contributed by atoms with Crippen molar-refractivity contribution in [3.63, 3.8) is 0 Å². The minimum absolute atomic E-state index is 0.750. The van der Waals surface area contributed by atoms with E-state index in [1.807, 2.05) is 6.41 Å². The van der Waals surface area contributed by atoms with Crippen molar-refractivity contribution in [1.29, 1.82) is 0 Å². The molecule has 0 N–H and O–H groups in total. The minimum Gasteiger partial charge on any atom is -0.334 e. The van der Waals surface area contributed by atoms with E-state index in [0.717, 1.165) is 19.0 Å². The van der Waals surface area contributed by atoms with Gasteiger partial charge < -0.3 is 9.80 Å². The van der Waals surface area contributed by atoms with E-state index in [-0.39, 0.29) is 0 Å². The highest BCUT2D eigenvalue weighted by molar-refractivity contribution is 5.48. The first-order valence-corrected chi connectivity index (χ1v) is 6.73. The Morgan fingerprint density at radius 1 is 1.12 bits per heavy atom. The standard InChI is InChI=1S/C13H23N2O/c16-12-15-10-6-13(11-15)5-1-2-7-14-8-3-4-9-14/h13H,1-11H2. The predicted octanol–water partition coefficient (Wildman–Crippen LogP) is 1.64. The van der Waals surface area contributed by atoms with Crippen molar-refractivity contribution in [2.45, 2.75) is 38.5 Å². The summed E-state index contributed by atoms with van der Waals surface area (Å²) in [4.78, 5) is 14.8. The van der Waals surface area contributed by atoms with Crippen molar-refractivity contribution in [2.24, 2.45) is 5.92 Å². The molecule has 0 aromatic carbocycles. The van der Waals surface area contributed by atoms with Crippen LogP contribution in [0.3, 0.4) is 0 Å². The lowest BCUT2D eigenvalue weighted by Crippen LogP contribution is -2.20. The van der Waals surface area contributed by atoms with Gasteiger partial charge in [-0.2, -0.15) is 0 Å². The van der Waals surface area contributed by atoms with E-state index in [4.69, 9.17) is 0 Å². The summed E-state index contributed by atoms with van der Waals surface area (Å²) < 4.78 is 0. The molecule has 1 amide bonds. The Morgan fingerprint density at radius 3 is 2.62 bits per heavy atom. The number of carbonyl (C=O) groups excluding carboxylic acids is 1. The Hall–Kier alpha value is -0.570. The maximum absolute atomic E-state index is 10.5. The molecule has 91 valence electrons. The lowest BCUT2D eigenvalue weighted by atomic mass is 10.0. The fourth-order valence-corrected chi connectivity index (χ4v) is 2.93. The van der Waals surface area contributed by atoms with E-state index < -0.39 is 0 Å². The molecule has 2 saturated heterocycles. The summed E-state index contributed by atoms with van der Waals surface area (Å²) in [7, 11) is 0. The summed E-state index contributed by atoms with van der Waals surface area (Å²) in [6, 6.07) is 0. The molecule has 1 unspecified atom stereocenters. The van der Waals surface area contributed by atoms with Crippen LogP contribution in [-0.4, -0.2) is 48.9 Å². The van der Waals surface area contributed by atoms with Gasteiger partial charge in [0.15, 0.2) is 0 Å². The highest BCUT2D eigenvalue weighted by atomic mass is 16.1. The second-order valence-corrected chi connectivity index (χ2v) is 5.24. The molecule has 3 heteroatoms. The molecule has 16 heavy (non-hydrogen) atoms. The molecule has 1 atom stereocenters. The lowest BCUT2D eigenvalue weighted by Gasteiger charge is -2.15. The third kappa shape index (κ3) is 3.48. The van der Waals surface area contributed by atoms with Crippen molar-refractivity contribution in [1.82, 2.24) is 9.80 Å². The Balaban J connectivity index is 1.50. The number of amides is 1. The number of nitrogens with zero attached hydrogens (tertiary/aromatic N) is 2. The van der Waals surface area contributed by atoms with Gasteiger partial charge in [0.1, 0.15) is 0 Å². The Kier molecular flexibility index (Phi) is 4.64. The van der Waals surface area contributed by atoms with Gasteiger partial charge in [0, 0.05) is 13.1 Å². The monoisotopic (exact) mass is 223 g/mol. The molecule has 0 aromatic rings. The van der Waals surface area contributed by atoms with E-state index in [1.165, 1.54) is 58.2 Å². The second-order valence-electron chi connectivity index (χ2n) is 5.24. The summed E-state index contributed by atoms with van der Waals surface area (Å²) in [5.74, 6) is 0.750. The molecule has 0 bridgehead atoms. The van der Waals surface area contributed by atoms with Crippen molar-refractivity contribution in [3.8, 4) is 0 Å². The van der Waals surface area contributed by atoms with Crippen LogP contribution >= 0.6 is 0 Å². The second kappa shape index (κ2) is 6.24. The zero-order chi connectivity index (χ0) is 11.2. The number of hydrogen-bond donors (Lipinski definition) is 0. The van der Waals surface area contributed by atoms with Gasteiger partial charge in [-0.25, -0.2) is 0 Å². The fourth-order valence-electron chi connectivity index (χ4n) is 2.93. The van der Waals surface area contributed by atoms with Gasteiger partial charge >= 0.3 is 6.41 Å². The van der Waals surface area contributed by atoms with Crippen LogP contribution in [-0.2, 0) is 4.79 Å². The Morgan fingerprint density at radius 2 is 1.94 bits per heavy atom. The van der Waals surface area contributed by atoms with Gasteiger partial charge in [0.05, 0.1) is 0 Å². The molecule has 1 radical (unpaired) electrons. The molecule has 3 nitrogen and oxygen atoms in total. The van der Waals surface area contributed by atoms with Crippen LogP contribution in [0, 0.1) is 5.92 Å². The maximum atomic E-state index is 10.5. The number of hydrogen-bond acceptors (Lipinski definition) is 2. The average Bonchev–Trinajstić information content (AvgIpc) is 2.95. The first-order valence-electron chi connectivity index (χ1n) is 6.73. The number of likely N-dealkylation sites (tertiary alicyclic amines) is 2. The third-order valence-electron chi connectivity index (χ3n) is 3.95. The van der Waals surface area contributed by atoms with E-state index >= 15 is 0 Å². The first-order chi connectivity index (χ1) is 7.88. The zero-order valence-electron chi connectivity index (χ0n) is 10.2. The predicted molar refractivity (Wildman–Crippen MR) is 64.9 cm³/mol. The zero-order valence-corrected chi connectivity index (χ0v) is 10.2. The molecule has 2 aliphatic heterocycles. The highest BCUT2D eigenvalue weighted by Gasteiger charge is 2.21. The van der Waals surface area contributed by atoms with Crippen LogP contribution in [0.1, 0.15) is 38.5 Å². The smallest absolute Gasteiger partial charge is 0.312 e. The summed E-state index contributed by atoms with van der Waals surface area (Å²) in [6.07, 6.45) is 9.95. The van der Waals surface area contributed by atoms with Gasteiger partial charge in [0.25, 0.3) is 0 Å². The average molecular weight is 223 g/mol. The Labute approximate surface area is 98.8 Å². The van der Waals surface area contributed by atoms with Gasteiger partial charge in [-0.3, -0.25) is 4.79 Å². The molecule has 0 aromatic heterocycles. The van der Waals surface area contributed by atoms with Crippen LogP contribution in [0.4, 0.5) is 0 Å². The van der Waals surface area contributed by atoms with Gasteiger partial charge in [0.2, 0.25) is 0 Å². The largest absolute Gasteiger partial charge is 0.334 e. The van der Waals surface area contributed by atoms with Crippen LogP contribution in [0.15, 0.2) is 0 Å². The summed E-state index contributed by atoms with van der Waals surface area (Å²) in [6.45, 7) is 5.80. The molecule has 0 saturated carbocycles. The third-order valence-corrected chi connectivity index (χ3v) is 3.95. The molecule has 2 heterocycles. The van der Waals surface area contributed by atoms with E-state index in [0.29, 0.717) is 0 Å². The van der Waals surface area contributed by atoms with Crippen molar-refractivity contribution < 1.29 is 4.79 Å². The first kappa shape index (κ1) is 11.9. The highest BCUT2D eigenvalue weighted by Crippen LogP contribution is 2.20. The molecular weight excluding hydrogens is 200 g/mol. The molecule has 2 aliphatic rings. The fraction of sp³-hybridized carbons (Fsp3) is 0.923. The number of unbranched alkanes of at least 4 members (excludes halogenated alkanes) is 1. The van der Waals surface area contributed by atoms with E-state index in [2.05, 4.69) is 4.90 Å².